The van der Waals surface area contributed by atoms with Crippen LogP contribution in [0.2, 0.25) is 0 Å². The van der Waals surface area contributed by atoms with Gasteiger partial charge in [-0.05, 0) is 44.1 Å². The minimum Gasteiger partial charge on any atom is -0.508 e. The van der Waals surface area contributed by atoms with Crippen LogP contribution in [0.25, 0.3) is 0 Å². The number of nitrogens with two attached hydrogens (primary N) is 1. The van der Waals surface area contributed by atoms with Crippen molar-refractivity contribution >= 4 is 5.91 Å². The van der Waals surface area contributed by atoms with Crippen molar-refractivity contribution < 1.29 is 9.90 Å². The summed E-state index contributed by atoms with van der Waals surface area (Å²) in [6.45, 7) is 1.90. The number of phenolic OH excluding ortho intramolecular Hbond substituents is 1. The highest BCUT2D eigenvalue weighted by Crippen LogP contribution is 2.11. The van der Waals surface area contributed by atoms with Gasteiger partial charge in [-0.3, -0.25) is 4.79 Å². The Balaban J connectivity index is 1.83. The van der Waals surface area contributed by atoms with Crippen molar-refractivity contribution in [1.82, 2.24) is 10.2 Å². The van der Waals surface area contributed by atoms with Crippen LogP contribution in [0.3, 0.4) is 0 Å². The van der Waals surface area contributed by atoms with Gasteiger partial charge >= 0.3 is 0 Å². The Bertz CT molecular complexity index is 433. The number of carbonyl (C=O) groups is 1. The molecule has 0 spiro atoms. The lowest BCUT2D eigenvalue weighted by Gasteiger charge is -2.17. The third kappa shape index (κ3) is 3.94. The molecule has 5 heteroatoms. The molecule has 4 N–H and O–H groups in total. The van der Waals surface area contributed by atoms with Gasteiger partial charge in [0.2, 0.25) is 5.91 Å². The van der Waals surface area contributed by atoms with Crippen molar-refractivity contribution in [3.63, 3.8) is 0 Å². The molecule has 0 radical (unpaired) electrons. The molecule has 0 bridgehead atoms. The quantitative estimate of drug-likeness (QED) is 0.719. The fourth-order valence-electron chi connectivity index (χ4n) is 2.34. The van der Waals surface area contributed by atoms with Crippen LogP contribution in [0.4, 0.5) is 0 Å². The van der Waals surface area contributed by atoms with E-state index in [1.54, 1.807) is 24.3 Å². The smallest absolute Gasteiger partial charge is 0.237 e. The van der Waals surface area contributed by atoms with Crippen molar-refractivity contribution in [2.45, 2.75) is 24.9 Å². The Labute approximate surface area is 113 Å². The predicted octanol–water partition coefficient (Wildman–Crippen LogP) is 0.0823. The van der Waals surface area contributed by atoms with Crippen LogP contribution in [-0.2, 0) is 11.2 Å². The van der Waals surface area contributed by atoms with E-state index < -0.39 is 6.04 Å². The molecule has 0 saturated carbocycles. The van der Waals surface area contributed by atoms with Gasteiger partial charge in [0, 0.05) is 12.6 Å². The van der Waals surface area contributed by atoms with Crippen molar-refractivity contribution in [2.75, 3.05) is 20.1 Å². The molecule has 5 nitrogen and oxygen atoms in total. The van der Waals surface area contributed by atoms with E-state index >= 15 is 0 Å². The summed E-state index contributed by atoms with van der Waals surface area (Å²) < 4.78 is 0. The summed E-state index contributed by atoms with van der Waals surface area (Å²) in [6.07, 6.45) is 1.46. The van der Waals surface area contributed by atoms with Crippen LogP contribution in [0.5, 0.6) is 5.75 Å². The lowest BCUT2D eigenvalue weighted by Crippen LogP contribution is -2.47. The van der Waals surface area contributed by atoms with Crippen LogP contribution in [0.15, 0.2) is 24.3 Å². The molecular weight excluding hydrogens is 242 g/mol. The van der Waals surface area contributed by atoms with Crippen molar-refractivity contribution in [2.24, 2.45) is 5.73 Å². The Morgan fingerprint density at radius 3 is 2.79 bits per heavy atom. The summed E-state index contributed by atoms with van der Waals surface area (Å²) >= 11 is 0. The SMILES string of the molecule is CN1CCC(NC(=O)[C@@H](N)Cc2ccc(O)cc2)C1. The van der Waals surface area contributed by atoms with Crippen LogP contribution in [0.1, 0.15) is 12.0 Å². The molecule has 104 valence electrons. The number of benzene rings is 1. The van der Waals surface area contributed by atoms with Crippen LogP contribution < -0.4 is 11.1 Å². The number of likely N-dealkylation sites (tertiary alicyclic amines) is 1. The summed E-state index contributed by atoms with van der Waals surface area (Å²) in [6, 6.07) is 6.44. The number of amides is 1. The van der Waals surface area contributed by atoms with Crippen molar-refractivity contribution in [1.29, 1.82) is 0 Å². The molecule has 0 aliphatic carbocycles. The van der Waals surface area contributed by atoms with Crippen LogP contribution in [-0.4, -0.2) is 48.1 Å². The first kappa shape index (κ1) is 13.8. The number of likely N-dealkylation sites (N-methyl/N-ethyl adjacent to an activating group) is 1. The minimum absolute atomic E-state index is 0.103. The normalized spacial score (nSPS) is 21.3. The summed E-state index contributed by atoms with van der Waals surface area (Å²) in [4.78, 5) is 14.2. The van der Waals surface area contributed by atoms with E-state index in [9.17, 15) is 9.90 Å². The zero-order valence-electron chi connectivity index (χ0n) is 11.2. The first-order valence-electron chi connectivity index (χ1n) is 6.57. The lowest BCUT2D eigenvalue weighted by atomic mass is 10.1. The standard InChI is InChI=1S/C14H21N3O2/c1-17-7-6-11(9-17)16-14(19)13(15)8-10-2-4-12(18)5-3-10/h2-5,11,13,18H,6-9,15H2,1H3,(H,16,19)/t11?,13-/m0/s1. The number of carbonyl (C=O) groups excluding carboxylic acids is 1. The van der Waals surface area contributed by atoms with E-state index in [1.165, 1.54) is 0 Å². The average molecular weight is 263 g/mol. The molecule has 2 atom stereocenters. The number of aromatic hydroxyl groups is 1. The molecule has 1 fully saturated rings. The number of rotatable bonds is 4. The van der Waals surface area contributed by atoms with Crippen LogP contribution >= 0.6 is 0 Å². The highest BCUT2D eigenvalue weighted by atomic mass is 16.3. The van der Waals surface area contributed by atoms with E-state index in [-0.39, 0.29) is 17.7 Å². The van der Waals surface area contributed by atoms with Gasteiger partial charge in [-0.1, -0.05) is 12.1 Å². The molecular formula is C14H21N3O2. The van der Waals surface area contributed by atoms with Gasteiger partial charge in [0.25, 0.3) is 0 Å². The molecule has 2 rings (SSSR count). The summed E-state index contributed by atoms with van der Waals surface area (Å²) in [7, 11) is 2.04. The van der Waals surface area contributed by atoms with Gasteiger partial charge in [0.05, 0.1) is 6.04 Å². The fraction of sp³-hybridized carbons (Fsp3) is 0.500. The first-order valence-corrected chi connectivity index (χ1v) is 6.57. The molecule has 0 aromatic heterocycles. The molecule has 1 aliphatic rings. The number of nitrogens with zero attached hydrogens (tertiary/aromatic N) is 1. The number of hydrogen-bond donors (Lipinski definition) is 3. The molecule has 1 aromatic rings. The number of phenols is 1. The second-order valence-corrected chi connectivity index (χ2v) is 5.23. The summed E-state index contributed by atoms with van der Waals surface area (Å²) in [5.41, 5.74) is 6.86. The van der Waals surface area contributed by atoms with Gasteiger partial charge in [-0.2, -0.15) is 0 Å². The Morgan fingerprint density at radius 1 is 1.53 bits per heavy atom. The average Bonchev–Trinajstić information content (AvgIpc) is 2.77. The van der Waals surface area contributed by atoms with E-state index in [4.69, 9.17) is 5.73 Å². The maximum atomic E-state index is 12.0. The van der Waals surface area contributed by atoms with E-state index in [0.717, 1.165) is 25.1 Å². The molecule has 1 heterocycles. The zero-order chi connectivity index (χ0) is 13.8. The maximum Gasteiger partial charge on any atom is 0.237 e. The third-order valence-electron chi connectivity index (χ3n) is 3.47. The second-order valence-electron chi connectivity index (χ2n) is 5.23. The summed E-state index contributed by atoms with van der Waals surface area (Å²) in [5.74, 6) is 0.115. The van der Waals surface area contributed by atoms with Crippen molar-refractivity contribution in [3.05, 3.63) is 29.8 Å². The van der Waals surface area contributed by atoms with Gasteiger partial charge in [-0.15, -0.1) is 0 Å². The Morgan fingerprint density at radius 2 is 2.21 bits per heavy atom. The minimum atomic E-state index is -0.546. The van der Waals surface area contributed by atoms with Crippen molar-refractivity contribution in [3.8, 4) is 5.75 Å². The highest BCUT2D eigenvalue weighted by Gasteiger charge is 2.23. The second kappa shape index (κ2) is 6.04. The van der Waals surface area contributed by atoms with Gasteiger partial charge in [0.15, 0.2) is 0 Å². The first-order chi connectivity index (χ1) is 9.04. The van der Waals surface area contributed by atoms with Gasteiger partial charge in [0.1, 0.15) is 5.75 Å². The fourth-order valence-corrected chi connectivity index (χ4v) is 2.34. The monoisotopic (exact) mass is 263 g/mol. The van der Waals surface area contributed by atoms with Gasteiger partial charge in [-0.25, -0.2) is 0 Å². The highest BCUT2D eigenvalue weighted by molar-refractivity contribution is 5.82. The van der Waals surface area contributed by atoms with Gasteiger partial charge < -0.3 is 21.1 Å². The molecule has 1 unspecified atom stereocenters. The molecule has 1 aromatic carbocycles. The number of hydrogen-bond acceptors (Lipinski definition) is 4. The van der Waals surface area contributed by atoms with E-state index in [1.807, 2.05) is 7.05 Å². The molecule has 1 amide bonds. The molecule has 19 heavy (non-hydrogen) atoms. The molecule has 1 aliphatic heterocycles. The lowest BCUT2D eigenvalue weighted by molar-refractivity contribution is -0.122. The van der Waals surface area contributed by atoms with Crippen LogP contribution in [0, 0.1) is 0 Å². The zero-order valence-corrected chi connectivity index (χ0v) is 11.2. The topological polar surface area (TPSA) is 78.6 Å². The summed E-state index contributed by atoms with van der Waals surface area (Å²) in [5, 5.41) is 12.2. The third-order valence-corrected chi connectivity index (χ3v) is 3.47. The Kier molecular flexibility index (Phi) is 4.39. The maximum absolute atomic E-state index is 12.0. The molecule has 1 saturated heterocycles. The van der Waals surface area contributed by atoms with E-state index in [0.29, 0.717) is 6.42 Å². The van der Waals surface area contributed by atoms with E-state index in [2.05, 4.69) is 10.2 Å². The largest absolute Gasteiger partial charge is 0.508 e. The predicted molar refractivity (Wildman–Crippen MR) is 73.8 cm³/mol. The Hall–Kier alpha value is -1.59. The number of nitrogens with one attached hydrogen (secondary N) is 1.